The Morgan fingerprint density at radius 2 is 1.93 bits per heavy atom. The Hall–Kier alpha value is -1.40. The van der Waals surface area contributed by atoms with Crippen molar-refractivity contribution < 1.29 is 14.6 Å². The van der Waals surface area contributed by atoms with E-state index in [1.54, 1.807) is 7.11 Å². The number of hydrogen-bond acceptors (Lipinski definition) is 5. The van der Waals surface area contributed by atoms with Gasteiger partial charge in [-0.3, -0.25) is 0 Å². The first-order chi connectivity index (χ1) is 13.8. The van der Waals surface area contributed by atoms with E-state index in [4.69, 9.17) is 9.47 Å². The standard InChI is InChI=1S/C24H38N2O3/c1-24(2)19-9-6-18(22(24)12-19)15-29-16-20(27)13-25-14-23(26(3)4)17-7-10-21(28-5)11-8-17/h6-8,10-11,19-20,22-23,25,27H,9,12-16H2,1-5H3. The third kappa shape index (κ3) is 5.21. The Morgan fingerprint density at radius 3 is 2.52 bits per heavy atom. The molecule has 2 bridgehead atoms. The molecule has 1 aromatic rings. The maximum absolute atomic E-state index is 10.3. The number of hydrogen-bond donors (Lipinski definition) is 2. The second kappa shape index (κ2) is 9.61. The van der Waals surface area contributed by atoms with Crippen molar-refractivity contribution >= 4 is 0 Å². The summed E-state index contributed by atoms with van der Waals surface area (Å²) in [5.41, 5.74) is 3.08. The molecule has 162 valence electrons. The highest BCUT2D eigenvalue weighted by Gasteiger charge is 2.50. The van der Waals surface area contributed by atoms with Gasteiger partial charge in [0.1, 0.15) is 5.75 Å². The van der Waals surface area contributed by atoms with Crippen molar-refractivity contribution in [2.24, 2.45) is 17.3 Å². The molecule has 3 aliphatic carbocycles. The smallest absolute Gasteiger partial charge is 0.118 e. The minimum Gasteiger partial charge on any atom is -0.497 e. The van der Waals surface area contributed by atoms with E-state index in [1.165, 1.54) is 24.0 Å². The molecule has 29 heavy (non-hydrogen) atoms. The normalized spacial score (nSPS) is 24.6. The van der Waals surface area contributed by atoms with Crippen molar-refractivity contribution in [2.45, 2.75) is 38.8 Å². The van der Waals surface area contributed by atoms with Gasteiger partial charge in [-0.1, -0.05) is 32.1 Å². The zero-order chi connectivity index (χ0) is 21.0. The van der Waals surface area contributed by atoms with Crippen LogP contribution in [0.15, 0.2) is 35.9 Å². The molecule has 0 saturated heterocycles. The van der Waals surface area contributed by atoms with Crippen LogP contribution in [0.3, 0.4) is 0 Å². The van der Waals surface area contributed by atoms with Crippen molar-refractivity contribution in [1.82, 2.24) is 10.2 Å². The molecule has 0 aliphatic heterocycles. The third-order valence-corrected chi connectivity index (χ3v) is 7.00. The Bertz CT molecular complexity index is 684. The highest BCUT2D eigenvalue weighted by molar-refractivity contribution is 5.29. The van der Waals surface area contributed by atoms with Crippen LogP contribution in [0, 0.1) is 17.3 Å². The minimum atomic E-state index is -0.500. The fourth-order valence-corrected chi connectivity index (χ4v) is 4.82. The number of nitrogens with zero attached hydrogens (tertiary/aromatic N) is 1. The molecule has 1 saturated carbocycles. The lowest BCUT2D eigenvalue weighted by Gasteiger charge is -2.56. The molecule has 0 radical (unpaired) electrons. The van der Waals surface area contributed by atoms with E-state index in [0.717, 1.165) is 18.2 Å². The van der Waals surface area contributed by atoms with Crippen LogP contribution < -0.4 is 10.1 Å². The molecule has 4 atom stereocenters. The second-order valence-electron chi connectivity index (χ2n) is 9.40. The molecule has 5 heteroatoms. The number of ether oxygens (including phenoxy) is 2. The summed E-state index contributed by atoms with van der Waals surface area (Å²) in [5, 5.41) is 13.7. The van der Waals surface area contributed by atoms with Gasteiger partial charge < -0.3 is 24.8 Å². The maximum Gasteiger partial charge on any atom is 0.118 e. The summed E-state index contributed by atoms with van der Waals surface area (Å²) in [5.74, 6) is 2.38. The Morgan fingerprint density at radius 1 is 1.21 bits per heavy atom. The summed E-state index contributed by atoms with van der Waals surface area (Å²) in [6, 6.07) is 8.39. The lowest BCUT2D eigenvalue weighted by atomic mass is 9.49. The van der Waals surface area contributed by atoms with E-state index in [2.05, 4.69) is 56.4 Å². The van der Waals surface area contributed by atoms with E-state index >= 15 is 0 Å². The summed E-state index contributed by atoms with van der Waals surface area (Å²) in [6.45, 7) is 7.07. The number of aliphatic hydroxyl groups excluding tert-OH is 1. The highest BCUT2D eigenvalue weighted by atomic mass is 16.5. The van der Waals surface area contributed by atoms with Gasteiger partial charge in [-0.15, -0.1) is 0 Å². The molecule has 1 aromatic carbocycles. The second-order valence-corrected chi connectivity index (χ2v) is 9.40. The summed E-state index contributed by atoms with van der Waals surface area (Å²) in [7, 11) is 5.82. The van der Waals surface area contributed by atoms with Crippen LogP contribution in [-0.4, -0.2) is 63.6 Å². The predicted molar refractivity (Wildman–Crippen MR) is 117 cm³/mol. The molecule has 0 heterocycles. The molecule has 2 N–H and O–H groups in total. The Balaban J connectivity index is 1.38. The molecule has 5 nitrogen and oxygen atoms in total. The van der Waals surface area contributed by atoms with Crippen molar-refractivity contribution in [3.8, 4) is 5.75 Å². The Kier molecular flexibility index (Phi) is 7.38. The van der Waals surface area contributed by atoms with Gasteiger partial charge in [-0.25, -0.2) is 0 Å². The number of aliphatic hydroxyl groups is 1. The van der Waals surface area contributed by atoms with Crippen LogP contribution in [0.4, 0.5) is 0 Å². The number of methoxy groups -OCH3 is 1. The minimum absolute atomic E-state index is 0.232. The van der Waals surface area contributed by atoms with Gasteiger partial charge in [-0.2, -0.15) is 0 Å². The van der Waals surface area contributed by atoms with Crippen LogP contribution in [0.1, 0.15) is 38.3 Å². The van der Waals surface area contributed by atoms with Gasteiger partial charge in [0.2, 0.25) is 0 Å². The first-order valence-electron chi connectivity index (χ1n) is 10.8. The SMILES string of the molecule is COc1ccc(C(CNCC(O)COCC2=CCC3CC2C3(C)C)N(C)C)cc1. The highest BCUT2D eigenvalue weighted by Crippen LogP contribution is 2.59. The average Bonchev–Trinajstić information content (AvgIpc) is 2.71. The lowest BCUT2D eigenvalue weighted by molar-refractivity contribution is -0.0235. The van der Waals surface area contributed by atoms with Gasteiger partial charge in [0.05, 0.1) is 26.4 Å². The molecule has 4 unspecified atom stereocenters. The molecular formula is C24H38N2O3. The predicted octanol–water partition coefficient (Wildman–Crippen LogP) is 3.26. The average molecular weight is 403 g/mol. The van der Waals surface area contributed by atoms with Crippen molar-refractivity contribution in [3.05, 3.63) is 41.5 Å². The monoisotopic (exact) mass is 402 g/mol. The zero-order valence-corrected chi connectivity index (χ0v) is 18.6. The molecule has 4 rings (SSSR count). The topological polar surface area (TPSA) is 54.0 Å². The van der Waals surface area contributed by atoms with E-state index in [9.17, 15) is 5.11 Å². The van der Waals surface area contributed by atoms with Crippen molar-refractivity contribution in [3.63, 3.8) is 0 Å². The van der Waals surface area contributed by atoms with Crippen LogP contribution in [0.2, 0.25) is 0 Å². The van der Waals surface area contributed by atoms with Crippen molar-refractivity contribution in [1.29, 1.82) is 0 Å². The number of allylic oxidation sites excluding steroid dienone is 1. The number of fused-ring (bicyclic) bond motifs is 1. The Labute approximate surface area is 176 Å². The molecule has 1 fully saturated rings. The van der Waals surface area contributed by atoms with E-state index in [0.29, 0.717) is 31.1 Å². The van der Waals surface area contributed by atoms with E-state index in [-0.39, 0.29) is 6.04 Å². The summed E-state index contributed by atoms with van der Waals surface area (Å²) >= 11 is 0. The molecule has 0 spiro atoms. The van der Waals surface area contributed by atoms with Crippen molar-refractivity contribution in [2.75, 3.05) is 47.5 Å². The molecule has 0 amide bonds. The fraction of sp³-hybridized carbons (Fsp3) is 0.667. The quantitative estimate of drug-likeness (QED) is 0.557. The first-order valence-corrected chi connectivity index (χ1v) is 10.8. The van der Waals surface area contributed by atoms with Crippen LogP contribution in [-0.2, 0) is 4.74 Å². The van der Waals surface area contributed by atoms with Crippen LogP contribution in [0.5, 0.6) is 5.75 Å². The summed E-state index contributed by atoms with van der Waals surface area (Å²) in [6.07, 6.45) is 4.36. The number of likely N-dealkylation sites (N-methyl/N-ethyl adjacent to an activating group) is 1. The zero-order valence-electron chi connectivity index (χ0n) is 18.6. The van der Waals surface area contributed by atoms with E-state index in [1.807, 2.05) is 12.1 Å². The number of benzene rings is 1. The van der Waals surface area contributed by atoms with Gasteiger partial charge in [0.25, 0.3) is 0 Å². The third-order valence-electron chi connectivity index (χ3n) is 7.00. The first kappa shape index (κ1) is 22.3. The number of rotatable bonds is 11. The molecule has 0 aromatic heterocycles. The molecule has 3 aliphatic rings. The maximum atomic E-state index is 10.3. The van der Waals surface area contributed by atoms with Crippen LogP contribution in [0.25, 0.3) is 0 Å². The van der Waals surface area contributed by atoms with Gasteiger partial charge >= 0.3 is 0 Å². The van der Waals surface area contributed by atoms with Crippen LogP contribution >= 0.6 is 0 Å². The summed E-state index contributed by atoms with van der Waals surface area (Å²) in [4.78, 5) is 2.18. The fourth-order valence-electron chi connectivity index (χ4n) is 4.82. The van der Waals surface area contributed by atoms with Gasteiger partial charge in [-0.05, 0) is 67.5 Å². The largest absolute Gasteiger partial charge is 0.497 e. The van der Waals surface area contributed by atoms with Gasteiger partial charge in [0.15, 0.2) is 0 Å². The number of nitrogens with one attached hydrogen (secondary N) is 1. The molecular weight excluding hydrogens is 364 g/mol. The summed E-state index contributed by atoms with van der Waals surface area (Å²) < 4.78 is 11.1. The van der Waals surface area contributed by atoms with E-state index < -0.39 is 6.10 Å². The lowest BCUT2D eigenvalue weighted by Crippen LogP contribution is -2.48. The van der Waals surface area contributed by atoms with Gasteiger partial charge in [0, 0.05) is 19.1 Å².